The van der Waals surface area contributed by atoms with E-state index in [4.69, 9.17) is 16.3 Å². The van der Waals surface area contributed by atoms with Gasteiger partial charge in [0, 0.05) is 11.1 Å². The van der Waals surface area contributed by atoms with Crippen molar-refractivity contribution >= 4 is 23.5 Å². The van der Waals surface area contributed by atoms with Gasteiger partial charge in [-0.1, -0.05) is 50.4 Å². The molecular weight excluding hydrogens is 326 g/mol. The van der Waals surface area contributed by atoms with Crippen LogP contribution in [0, 0.1) is 11.8 Å². The van der Waals surface area contributed by atoms with E-state index >= 15 is 0 Å². The Bertz CT molecular complexity index is 572. The van der Waals surface area contributed by atoms with Gasteiger partial charge in [0.25, 0.3) is 5.91 Å². The molecule has 2 rings (SSSR count). The van der Waals surface area contributed by atoms with Crippen LogP contribution in [-0.2, 0) is 20.7 Å². The van der Waals surface area contributed by atoms with Crippen molar-refractivity contribution in [1.82, 2.24) is 5.32 Å². The lowest BCUT2D eigenvalue weighted by Crippen LogP contribution is -2.47. The molecule has 1 N–H and O–H groups in total. The molecule has 1 aromatic carbocycles. The average Bonchev–Trinajstić information content (AvgIpc) is 2.54. The summed E-state index contributed by atoms with van der Waals surface area (Å²) in [5, 5.41) is 3.66. The molecule has 0 bridgehead atoms. The van der Waals surface area contributed by atoms with Crippen molar-refractivity contribution < 1.29 is 14.3 Å². The van der Waals surface area contributed by atoms with Gasteiger partial charge >= 0.3 is 5.97 Å². The minimum absolute atomic E-state index is 0.131. The average molecular weight is 352 g/mol. The zero-order chi connectivity index (χ0) is 17.7. The number of esters is 1. The molecule has 1 aliphatic carbocycles. The molecule has 0 radical (unpaired) electrons. The number of carbonyl (C=O) groups is 2. The molecule has 24 heavy (non-hydrogen) atoms. The topological polar surface area (TPSA) is 55.4 Å². The van der Waals surface area contributed by atoms with Crippen molar-refractivity contribution in [2.24, 2.45) is 11.8 Å². The van der Waals surface area contributed by atoms with Crippen LogP contribution in [0.3, 0.4) is 0 Å². The van der Waals surface area contributed by atoms with E-state index in [-0.39, 0.29) is 18.4 Å². The molecule has 0 saturated heterocycles. The second-order valence-electron chi connectivity index (χ2n) is 6.82. The molecule has 1 amide bonds. The lowest BCUT2D eigenvalue weighted by molar-refractivity contribution is -0.154. The molecule has 132 valence electrons. The smallest absolute Gasteiger partial charge is 0.311 e. The van der Waals surface area contributed by atoms with Crippen LogP contribution >= 0.6 is 11.6 Å². The maximum atomic E-state index is 12.3. The third-order valence-electron chi connectivity index (χ3n) is 4.97. The van der Waals surface area contributed by atoms with Crippen LogP contribution in [0.15, 0.2) is 24.3 Å². The molecule has 0 aliphatic heterocycles. The summed E-state index contributed by atoms with van der Waals surface area (Å²) in [6, 6.07) is 7.18. The minimum atomic E-state index is -0.783. The minimum Gasteiger partial charge on any atom is -0.452 e. The van der Waals surface area contributed by atoms with Crippen LogP contribution in [-0.4, -0.2) is 24.0 Å². The van der Waals surface area contributed by atoms with E-state index in [0.717, 1.165) is 18.4 Å². The Hall–Kier alpha value is -1.55. The molecule has 4 nitrogen and oxygen atoms in total. The Kier molecular flexibility index (Phi) is 6.67. The Labute approximate surface area is 148 Å². The van der Waals surface area contributed by atoms with Crippen molar-refractivity contribution in [3.05, 3.63) is 34.9 Å². The molecule has 1 saturated carbocycles. The van der Waals surface area contributed by atoms with Crippen LogP contribution in [0.2, 0.25) is 5.02 Å². The summed E-state index contributed by atoms with van der Waals surface area (Å²) in [4.78, 5) is 24.3. The highest BCUT2D eigenvalue weighted by Gasteiger charge is 2.30. The summed E-state index contributed by atoms with van der Waals surface area (Å²) in [5.74, 6) is 0.418. The van der Waals surface area contributed by atoms with E-state index in [1.54, 1.807) is 31.2 Å². The van der Waals surface area contributed by atoms with Gasteiger partial charge in [0.15, 0.2) is 6.10 Å². The van der Waals surface area contributed by atoms with Gasteiger partial charge in [-0.05, 0) is 42.9 Å². The van der Waals surface area contributed by atoms with Crippen LogP contribution in [0.25, 0.3) is 0 Å². The van der Waals surface area contributed by atoms with Crippen molar-refractivity contribution in [2.45, 2.75) is 58.6 Å². The van der Waals surface area contributed by atoms with E-state index in [2.05, 4.69) is 19.2 Å². The maximum Gasteiger partial charge on any atom is 0.311 e. The van der Waals surface area contributed by atoms with E-state index in [0.29, 0.717) is 16.9 Å². The van der Waals surface area contributed by atoms with Crippen molar-refractivity contribution in [3.8, 4) is 0 Å². The van der Waals surface area contributed by atoms with E-state index in [1.165, 1.54) is 6.42 Å². The summed E-state index contributed by atoms with van der Waals surface area (Å²) < 4.78 is 5.27. The van der Waals surface area contributed by atoms with Crippen molar-refractivity contribution in [3.63, 3.8) is 0 Å². The zero-order valence-electron chi connectivity index (χ0n) is 14.5. The Morgan fingerprint density at radius 3 is 2.58 bits per heavy atom. The van der Waals surface area contributed by atoms with Gasteiger partial charge in [0.2, 0.25) is 0 Å². The zero-order valence-corrected chi connectivity index (χ0v) is 15.3. The van der Waals surface area contributed by atoms with Gasteiger partial charge in [-0.25, -0.2) is 0 Å². The Balaban J connectivity index is 1.82. The predicted molar refractivity (Wildman–Crippen MR) is 94.8 cm³/mol. The first-order valence-corrected chi connectivity index (χ1v) is 8.99. The third kappa shape index (κ3) is 5.23. The van der Waals surface area contributed by atoms with Gasteiger partial charge < -0.3 is 10.1 Å². The second kappa shape index (κ2) is 8.52. The molecule has 5 heteroatoms. The molecule has 1 fully saturated rings. The molecule has 0 aromatic heterocycles. The Morgan fingerprint density at radius 1 is 1.25 bits per heavy atom. The summed E-state index contributed by atoms with van der Waals surface area (Å²) in [5.41, 5.74) is 0.812. The molecule has 1 aromatic rings. The van der Waals surface area contributed by atoms with Crippen LogP contribution in [0.5, 0.6) is 0 Å². The van der Waals surface area contributed by atoms with Gasteiger partial charge in [-0.3, -0.25) is 9.59 Å². The maximum absolute atomic E-state index is 12.3. The number of carbonyl (C=O) groups excluding carboxylic acids is 2. The number of halogens is 1. The number of hydrogen-bond acceptors (Lipinski definition) is 3. The number of amides is 1. The number of ether oxygens (including phenoxy) is 1. The van der Waals surface area contributed by atoms with Gasteiger partial charge in [-0.2, -0.15) is 0 Å². The Morgan fingerprint density at radius 2 is 1.92 bits per heavy atom. The highest BCUT2D eigenvalue weighted by atomic mass is 35.5. The van der Waals surface area contributed by atoms with Crippen LogP contribution < -0.4 is 5.32 Å². The van der Waals surface area contributed by atoms with Crippen molar-refractivity contribution in [2.75, 3.05) is 0 Å². The fourth-order valence-electron chi connectivity index (χ4n) is 3.15. The highest BCUT2D eigenvalue weighted by Crippen LogP contribution is 2.29. The van der Waals surface area contributed by atoms with E-state index < -0.39 is 12.1 Å². The lowest BCUT2D eigenvalue weighted by atomic mass is 9.78. The van der Waals surface area contributed by atoms with Crippen molar-refractivity contribution in [1.29, 1.82) is 0 Å². The largest absolute Gasteiger partial charge is 0.452 e. The molecule has 0 spiro atoms. The fraction of sp³-hybridized carbons (Fsp3) is 0.579. The second-order valence-corrected chi connectivity index (χ2v) is 7.25. The number of rotatable bonds is 5. The predicted octanol–water partition coefficient (Wildman–Crippen LogP) is 3.76. The monoisotopic (exact) mass is 351 g/mol. The van der Waals surface area contributed by atoms with Crippen LogP contribution in [0.4, 0.5) is 0 Å². The first-order valence-electron chi connectivity index (χ1n) is 8.61. The highest BCUT2D eigenvalue weighted by molar-refractivity contribution is 6.30. The summed E-state index contributed by atoms with van der Waals surface area (Å²) in [7, 11) is 0. The lowest BCUT2D eigenvalue weighted by Gasteiger charge is -2.35. The molecule has 0 unspecified atom stereocenters. The number of hydrogen-bond donors (Lipinski definition) is 1. The summed E-state index contributed by atoms with van der Waals surface area (Å²) >= 11 is 5.82. The normalized spacial score (nSPS) is 24.9. The van der Waals surface area contributed by atoms with Gasteiger partial charge in [-0.15, -0.1) is 0 Å². The summed E-state index contributed by atoms with van der Waals surface area (Å²) in [6.07, 6.45) is 2.67. The summed E-state index contributed by atoms with van der Waals surface area (Å²) in [6.45, 7) is 6.01. The molecule has 1 aliphatic rings. The first-order chi connectivity index (χ1) is 11.4. The van der Waals surface area contributed by atoms with E-state index in [1.807, 2.05) is 0 Å². The van der Waals surface area contributed by atoms with Gasteiger partial charge in [0.1, 0.15) is 0 Å². The van der Waals surface area contributed by atoms with E-state index in [9.17, 15) is 9.59 Å². The molecule has 4 atom stereocenters. The number of benzene rings is 1. The quantitative estimate of drug-likeness (QED) is 0.822. The first kappa shape index (κ1) is 18.8. The molecular formula is C19H26ClNO3. The molecule has 0 heterocycles. The van der Waals surface area contributed by atoms with Gasteiger partial charge in [0.05, 0.1) is 6.42 Å². The third-order valence-corrected chi connectivity index (χ3v) is 5.23. The standard InChI is InChI=1S/C19H26ClNO3/c1-12-5-4-6-17(13(12)2)21-19(23)14(3)24-18(22)11-15-7-9-16(20)10-8-15/h7-10,12-14,17H,4-6,11H2,1-3H3,(H,21,23)/t12-,13+,14+,17-/m0/s1. The SMILES string of the molecule is C[C@H]1[C@@H](NC(=O)[C@@H](C)OC(=O)Cc2ccc(Cl)cc2)CCC[C@@H]1C. The van der Waals surface area contributed by atoms with Crippen LogP contribution in [0.1, 0.15) is 45.6 Å². The number of nitrogens with one attached hydrogen (secondary N) is 1. The fourth-order valence-corrected chi connectivity index (χ4v) is 3.27.